The molecule has 1 aliphatic heterocycles. The summed E-state index contributed by atoms with van der Waals surface area (Å²) >= 11 is 0. The number of amides is 1. The molecule has 1 unspecified atom stereocenters. The maximum absolute atomic E-state index is 12.8. The summed E-state index contributed by atoms with van der Waals surface area (Å²) in [6.45, 7) is 12.7. The van der Waals surface area contributed by atoms with Gasteiger partial charge in [-0.1, -0.05) is 46.7 Å². The molecule has 134 valence electrons. The van der Waals surface area contributed by atoms with E-state index >= 15 is 0 Å². The average Bonchev–Trinajstić information content (AvgIpc) is 3.14. The molecule has 2 heterocycles. The SMILES string of the molecule is CCC(C)(C)c1nc(C(=O)C2CCCN2C(=O)CC(C)(C)C)no1. The summed E-state index contributed by atoms with van der Waals surface area (Å²) in [5.41, 5.74) is -0.360. The monoisotopic (exact) mass is 335 g/mol. The van der Waals surface area contributed by atoms with Crippen LogP contribution in [0.2, 0.25) is 0 Å². The first-order valence-electron chi connectivity index (χ1n) is 8.73. The van der Waals surface area contributed by atoms with Crippen LogP contribution in [-0.4, -0.2) is 39.3 Å². The van der Waals surface area contributed by atoms with Gasteiger partial charge in [-0.15, -0.1) is 0 Å². The number of ketones is 1. The van der Waals surface area contributed by atoms with Crippen molar-refractivity contribution in [2.45, 2.75) is 78.7 Å². The van der Waals surface area contributed by atoms with Crippen LogP contribution in [0.3, 0.4) is 0 Å². The van der Waals surface area contributed by atoms with Crippen LogP contribution in [0.5, 0.6) is 0 Å². The Labute approximate surface area is 144 Å². The van der Waals surface area contributed by atoms with Crippen molar-refractivity contribution in [2.24, 2.45) is 5.41 Å². The lowest BCUT2D eigenvalue weighted by molar-refractivity contribution is -0.133. The maximum atomic E-state index is 12.8. The van der Waals surface area contributed by atoms with E-state index in [2.05, 4.69) is 10.1 Å². The number of hydrogen-bond acceptors (Lipinski definition) is 5. The molecule has 1 aromatic heterocycles. The Morgan fingerprint density at radius 3 is 2.50 bits per heavy atom. The topological polar surface area (TPSA) is 76.3 Å². The Morgan fingerprint density at radius 2 is 1.92 bits per heavy atom. The highest BCUT2D eigenvalue weighted by atomic mass is 16.5. The van der Waals surface area contributed by atoms with E-state index in [9.17, 15) is 9.59 Å². The van der Waals surface area contributed by atoms with E-state index in [-0.39, 0.29) is 28.3 Å². The number of carbonyl (C=O) groups is 2. The highest BCUT2D eigenvalue weighted by Gasteiger charge is 2.38. The number of rotatable bonds is 5. The zero-order chi connectivity index (χ0) is 18.1. The molecular weight excluding hydrogens is 306 g/mol. The van der Waals surface area contributed by atoms with E-state index in [0.717, 1.165) is 12.8 Å². The van der Waals surface area contributed by atoms with E-state index < -0.39 is 6.04 Å². The van der Waals surface area contributed by atoms with Crippen LogP contribution in [0, 0.1) is 5.41 Å². The molecule has 0 aromatic carbocycles. The van der Waals surface area contributed by atoms with E-state index in [1.807, 2.05) is 41.5 Å². The van der Waals surface area contributed by atoms with Crippen LogP contribution in [0.1, 0.15) is 83.7 Å². The fourth-order valence-electron chi connectivity index (χ4n) is 2.79. The number of nitrogens with zero attached hydrogens (tertiary/aromatic N) is 3. The minimum absolute atomic E-state index is 0.0240. The molecule has 0 radical (unpaired) electrons. The second-order valence-electron chi connectivity index (χ2n) is 8.51. The van der Waals surface area contributed by atoms with Gasteiger partial charge in [-0.2, -0.15) is 4.98 Å². The van der Waals surface area contributed by atoms with Crippen molar-refractivity contribution >= 4 is 11.7 Å². The quantitative estimate of drug-likeness (QED) is 0.771. The fraction of sp³-hybridized carbons (Fsp3) is 0.778. The lowest BCUT2D eigenvalue weighted by Gasteiger charge is -2.26. The molecule has 0 N–H and O–H groups in total. The Balaban J connectivity index is 2.15. The van der Waals surface area contributed by atoms with E-state index in [1.165, 1.54) is 0 Å². The third-order valence-electron chi connectivity index (χ3n) is 4.67. The summed E-state index contributed by atoms with van der Waals surface area (Å²) < 4.78 is 5.29. The summed E-state index contributed by atoms with van der Waals surface area (Å²) in [7, 11) is 0. The first-order valence-corrected chi connectivity index (χ1v) is 8.73. The molecule has 0 spiro atoms. The van der Waals surface area contributed by atoms with Crippen LogP contribution in [-0.2, 0) is 10.2 Å². The van der Waals surface area contributed by atoms with E-state index in [1.54, 1.807) is 4.90 Å². The molecule has 1 atom stereocenters. The number of Topliss-reactive ketones (excluding diaryl/α,β-unsaturated/α-hetero) is 1. The Hall–Kier alpha value is -1.72. The molecule has 6 heteroatoms. The second kappa shape index (κ2) is 6.65. The molecular formula is C18H29N3O3. The summed E-state index contributed by atoms with van der Waals surface area (Å²) in [4.78, 5) is 31.3. The molecule has 6 nitrogen and oxygen atoms in total. The number of likely N-dealkylation sites (tertiary alicyclic amines) is 1. The van der Waals surface area contributed by atoms with Gasteiger partial charge >= 0.3 is 0 Å². The summed E-state index contributed by atoms with van der Waals surface area (Å²) in [5.74, 6) is 0.374. The maximum Gasteiger partial charge on any atom is 0.240 e. The van der Waals surface area contributed by atoms with Crippen molar-refractivity contribution in [1.29, 1.82) is 0 Å². The third-order valence-corrected chi connectivity index (χ3v) is 4.67. The lowest BCUT2D eigenvalue weighted by atomic mass is 9.90. The summed E-state index contributed by atoms with van der Waals surface area (Å²) in [6.07, 6.45) is 2.76. The molecule has 0 aliphatic carbocycles. The van der Waals surface area contributed by atoms with Crippen molar-refractivity contribution in [2.75, 3.05) is 6.54 Å². The summed E-state index contributed by atoms with van der Waals surface area (Å²) in [6, 6.07) is -0.463. The standard InChI is InChI=1S/C18H29N3O3/c1-7-18(5,6)16-19-15(20-24-16)14(23)12-9-8-10-21(12)13(22)11-17(2,3)4/h12H,7-11H2,1-6H3. The van der Waals surface area contributed by atoms with Gasteiger partial charge in [0.15, 0.2) is 0 Å². The Morgan fingerprint density at radius 1 is 1.25 bits per heavy atom. The van der Waals surface area contributed by atoms with Gasteiger partial charge in [0.2, 0.25) is 23.4 Å². The van der Waals surface area contributed by atoms with Gasteiger partial charge in [0.05, 0.1) is 6.04 Å². The highest BCUT2D eigenvalue weighted by molar-refractivity contribution is 5.99. The van der Waals surface area contributed by atoms with Crippen molar-refractivity contribution in [1.82, 2.24) is 15.0 Å². The minimum Gasteiger partial charge on any atom is -0.338 e. The Kier molecular flexibility index (Phi) is 5.16. The van der Waals surface area contributed by atoms with Crippen molar-refractivity contribution < 1.29 is 14.1 Å². The van der Waals surface area contributed by atoms with Gasteiger partial charge in [0.25, 0.3) is 0 Å². The van der Waals surface area contributed by atoms with E-state index in [4.69, 9.17) is 4.52 Å². The first kappa shape index (κ1) is 18.6. The minimum atomic E-state index is -0.463. The molecule has 1 saturated heterocycles. The molecule has 0 bridgehead atoms. The van der Waals surface area contributed by atoms with Crippen LogP contribution < -0.4 is 0 Å². The largest absolute Gasteiger partial charge is 0.338 e. The third kappa shape index (κ3) is 4.02. The molecule has 0 saturated carbocycles. The predicted octanol–water partition coefficient (Wildman–Crippen LogP) is 3.37. The van der Waals surface area contributed by atoms with Crippen LogP contribution >= 0.6 is 0 Å². The van der Waals surface area contributed by atoms with Gasteiger partial charge in [-0.3, -0.25) is 9.59 Å². The number of hydrogen-bond donors (Lipinski definition) is 0. The van der Waals surface area contributed by atoms with Crippen molar-refractivity contribution in [3.63, 3.8) is 0 Å². The van der Waals surface area contributed by atoms with Gasteiger partial charge < -0.3 is 9.42 Å². The normalized spacial score (nSPS) is 18.9. The molecule has 1 amide bonds. The molecule has 2 rings (SSSR count). The van der Waals surface area contributed by atoms with Crippen molar-refractivity contribution in [3.05, 3.63) is 11.7 Å². The number of aromatic nitrogens is 2. The summed E-state index contributed by atoms with van der Waals surface area (Å²) in [5, 5.41) is 3.87. The molecule has 1 aliphatic rings. The van der Waals surface area contributed by atoms with Crippen LogP contribution in [0.15, 0.2) is 4.52 Å². The Bertz CT molecular complexity index is 613. The molecule has 1 fully saturated rings. The zero-order valence-corrected chi connectivity index (χ0v) is 15.7. The fourth-order valence-corrected chi connectivity index (χ4v) is 2.79. The van der Waals surface area contributed by atoms with Gasteiger partial charge in [-0.05, 0) is 24.7 Å². The second-order valence-corrected chi connectivity index (χ2v) is 8.51. The highest BCUT2D eigenvalue weighted by Crippen LogP contribution is 2.28. The van der Waals surface area contributed by atoms with Gasteiger partial charge in [-0.25, -0.2) is 0 Å². The van der Waals surface area contributed by atoms with E-state index in [0.29, 0.717) is 25.3 Å². The van der Waals surface area contributed by atoms with Crippen LogP contribution in [0.25, 0.3) is 0 Å². The molecule has 24 heavy (non-hydrogen) atoms. The first-order chi connectivity index (χ1) is 11.0. The zero-order valence-electron chi connectivity index (χ0n) is 15.7. The van der Waals surface area contributed by atoms with Crippen LogP contribution in [0.4, 0.5) is 0 Å². The molecule has 1 aromatic rings. The van der Waals surface area contributed by atoms with Gasteiger partial charge in [0, 0.05) is 18.4 Å². The lowest BCUT2D eigenvalue weighted by Crippen LogP contribution is -2.42. The predicted molar refractivity (Wildman–Crippen MR) is 90.8 cm³/mol. The average molecular weight is 335 g/mol. The number of carbonyl (C=O) groups excluding carboxylic acids is 2. The van der Waals surface area contributed by atoms with Crippen molar-refractivity contribution in [3.8, 4) is 0 Å². The van der Waals surface area contributed by atoms with Gasteiger partial charge in [0.1, 0.15) is 0 Å². The smallest absolute Gasteiger partial charge is 0.240 e.